The van der Waals surface area contributed by atoms with Crippen LogP contribution in [0, 0.1) is 5.92 Å². The SMILES string of the molecule is O=C(O)C1CC(Nc2ccccc2Br)C1. The molecule has 1 aliphatic rings. The van der Waals surface area contributed by atoms with E-state index in [1.807, 2.05) is 24.3 Å². The standard InChI is InChI=1S/C11H12BrNO2/c12-9-3-1-2-4-10(9)13-8-5-7(6-8)11(14)15/h1-4,7-8,13H,5-6H2,(H,14,15). The molecule has 0 saturated heterocycles. The van der Waals surface area contributed by atoms with Crippen molar-refractivity contribution < 1.29 is 9.90 Å². The fraction of sp³-hybridized carbons (Fsp3) is 0.364. The number of anilines is 1. The van der Waals surface area contributed by atoms with Gasteiger partial charge in [-0.15, -0.1) is 0 Å². The van der Waals surface area contributed by atoms with Crippen LogP contribution in [0.15, 0.2) is 28.7 Å². The van der Waals surface area contributed by atoms with Gasteiger partial charge in [-0.1, -0.05) is 12.1 Å². The Bertz CT molecular complexity index is 375. The lowest BCUT2D eigenvalue weighted by atomic mass is 9.80. The molecule has 80 valence electrons. The zero-order valence-electron chi connectivity index (χ0n) is 8.11. The summed E-state index contributed by atoms with van der Waals surface area (Å²) >= 11 is 3.44. The Morgan fingerprint density at radius 2 is 2.07 bits per heavy atom. The molecule has 0 spiro atoms. The van der Waals surface area contributed by atoms with Crippen molar-refractivity contribution in [3.63, 3.8) is 0 Å². The van der Waals surface area contributed by atoms with E-state index in [4.69, 9.17) is 5.11 Å². The molecule has 1 aliphatic carbocycles. The van der Waals surface area contributed by atoms with Gasteiger partial charge in [0.15, 0.2) is 0 Å². The van der Waals surface area contributed by atoms with E-state index in [0.717, 1.165) is 23.0 Å². The van der Waals surface area contributed by atoms with Crippen LogP contribution < -0.4 is 5.32 Å². The minimum atomic E-state index is -0.680. The monoisotopic (exact) mass is 269 g/mol. The number of nitrogens with one attached hydrogen (secondary N) is 1. The van der Waals surface area contributed by atoms with Gasteiger partial charge in [-0.3, -0.25) is 4.79 Å². The van der Waals surface area contributed by atoms with Gasteiger partial charge in [-0.05, 0) is 40.9 Å². The number of halogens is 1. The third-order valence-corrected chi connectivity index (χ3v) is 3.41. The smallest absolute Gasteiger partial charge is 0.306 e. The molecule has 0 bridgehead atoms. The van der Waals surface area contributed by atoms with Gasteiger partial charge in [-0.2, -0.15) is 0 Å². The summed E-state index contributed by atoms with van der Waals surface area (Å²) < 4.78 is 1.02. The number of carboxylic acids is 1. The maximum atomic E-state index is 10.6. The topological polar surface area (TPSA) is 49.3 Å². The van der Waals surface area contributed by atoms with Crippen LogP contribution in [0.25, 0.3) is 0 Å². The van der Waals surface area contributed by atoms with Gasteiger partial charge < -0.3 is 10.4 Å². The first-order valence-corrected chi connectivity index (χ1v) is 5.70. The van der Waals surface area contributed by atoms with Crippen LogP contribution in [-0.4, -0.2) is 17.1 Å². The predicted octanol–water partition coefficient (Wildman–Crippen LogP) is 2.72. The Morgan fingerprint density at radius 3 is 2.67 bits per heavy atom. The fourth-order valence-electron chi connectivity index (χ4n) is 1.74. The molecule has 0 aromatic heterocycles. The molecule has 3 nitrogen and oxygen atoms in total. The normalized spacial score (nSPS) is 24.3. The zero-order chi connectivity index (χ0) is 10.8. The van der Waals surface area contributed by atoms with Crippen molar-refractivity contribution in [2.24, 2.45) is 5.92 Å². The molecule has 1 aromatic rings. The maximum Gasteiger partial charge on any atom is 0.306 e. The molecule has 0 amide bonds. The molecule has 2 rings (SSSR count). The largest absolute Gasteiger partial charge is 0.481 e. The highest BCUT2D eigenvalue weighted by Crippen LogP contribution is 2.32. The third kappa shape index (κ3) is 2.31. The molecular weight excluding hydrogens is 258 g/mol. The molecule has 0 unspecified atom stereocenters. The second-order valence-electron chi connectivity index (χ2n) is 3.83. The van der Waals surface area contributed by atoms with Crippen LogP contribution in [0.5, 0.6) is 0 Å². The van der Waals surface area contributed by atoms with Gasteiger partial charge in [0.1, 0.15) is 0 Å². The summed E-state index contributed by atoms with van der Waals surface area (Å²) in [4.78, 5) is 10.6. The van der Waals surface area contributed by atoms with E-state index < -0.39 is 5.97 Å². The van der Waals surface area contributed by atoms with Gasteiger partial charge in [0, 0.05) is 16.2 Å². The number of carbonyl (C=O) groups is 1. The van der Waals surface area contributed by atoms with E-state index in [9.17, 15) is 4.79 Å². The average molecular weight is 270 g/mol. The van der Waals surface area contributed by atoms with Crippen molar-refractivity contribution in [2.45, 2.75) is 18.9 Å². The Kier molecular flexibility index (Phi) is 2.95. The van der Waals surface area contributed by atoms with Crippen LogP contribution in [0.3, 0.4) is 0 Å². The zero-order valence-corrected chi connectivity index (χ0v) is 9.70. The average Bonchev–Trinajstić information content (AvgIpc) is 2.12. The Labute approximate surface area is 96.6 Å². The highest BCUT2D eigenvalue weighted by atomic mass is 79.9. The lowest BCUT2D eigenvalue weighted by Crippen LogP contribution is -2.39. The van der Waals surface area contributed by atoms with Crippen LogP contribution in [0.4, 0.5) is 5.69 Å². The molecule has 1 aromatic carbocycles. The lowest BCUT2D eigenvalue weighted by Gasteiger charge is -2.33. The van der Waals surface area contributed by atoms with Crippen molar-refractivity contribution in [1.82, 2.24) is 0 Å². The number of hydrogen-bond donors (Lipinski definition) is 2. The summed E-state index contributed by atoms with van der Waals surface area (Å²) in [5, 5.41) is 12.1. The summed E-state index contributed by atoms with van der Waals surface area (Å²) in [5.41, 5.74) is 1.03. The first-order chi connectivity index (χ1) is 7.16. The number of benzene rings is 1. The van der Waals surface area contributed by atoms with E-state index in [2.05, 4.69) is 21.2 Å². The molecule has 1 saturated carbocycles. The van der Waals surface area contributed by atoms with E-state index in [1.165, 1.54) is 0 Å². The van der Waals surface area contributed by atoms with Crippen molar-refractivity contribution in [3.8, 4) is 0 Å². The van der Waals surface area contributed by atoms with Crippen LogP contribution in [-0.2, 0) is 4.79 Å². The molecule has 0 aliphatic heterocycles. The maximum absolute atomic E-state index is 10.6. The van der Waals surface area contributed by atoms with E-state index in [-0.39, 0.29) is 5.92 Å². The molecule has 4 heteroatoms. The minimum absolute atomic E-state index is 0.162. The fourth-order valence-corrected chi connectivity index (χ4v) is 2.13. The van der Waals surface area contributed by atoms with Crippen LogP contribution >= 0.6 is 15.9 Å². The van der Waals surface area contributed by atoms with E-state index >= 15 is 0 Å². The van der Waals surface area contributed by atoms with Crippen LogP contribution in [0.2, 0.25) is 0 Å². The van der Waals surface area contributed by atoms with Gasteiger partial charge in [0.25, 0.3) is 0 Å². The van der Waals surface area contributed by atoms with Crippen molar-refractivity contribution in [2.75, 3.05) is 5.32 Å². The first-order valence-electron chi connectivity index (χ1n) is 4.90. The second-order valence-corrected chi connectivity index (χ2v) is 4.68. The molecule has 2 N–H and O–H groups in total. The van der Waals surface area contributed by atoms with E-state index in [0.29, 0.717) is 6.04 Å². The molecule has 0 heterocycles. The lowest BCUT2D eigenvalue weighted by molar-refractivity contribution is -0.144. The first kappa shape index (κ1) is 10.5. The predicted molar refractivity (Wildman–Crippen MR) is 61.9 cm³/mol. The summed E-state index contributed by atoms with van der Waals surface area (Å²) in [6, 6.07) is 8.16. The Balaban J connectivity index is 1.90. The second kappa shape index (κ2) is 4.23. The number of aliphatic carboxylic acids is 1. The highest BCUT2D eigenvalue weighted by Gasteiger charge is 2.34. The van der Waals surface area contributed by atoms with Crippen molar-refractivity contribution in [3.05, 3.63) is 28.7 Å². The summed E-state index contributed by atoms with van der Waals surface area (Å²) in [7, 11) is 0. The number of hydrogen-bond acceptors (Lipinski definition) is 2. The van der Waals surface area contributed by atoms with Gasteiger partial charge >= 0.3 is 5.97 Å². The molecule has 1 fully saturated rings. The molecule has 0 atom stereocenters. The summed E-state index contributed by atoms with van der Waals surface area (Å²) in [5.74, 6) is -0.842. The summed E-state index contributed by atoms with van der Waals surface area (Å²) in [6.45, 7) is 0. The Hall–Kier alpha value is -1.03. The van der Waals surface area contributed by atoms with Crippen molar-refractivity contribution in [1.29, 1.82) is 0 Å². The summed E-state index contributed by atoms with van der Waals surface area (Å²) in [6.07, 6.45) is 1.44. The minimum Gasteiger partial charge on any atom is -0.481 e. The molecule has 15 heavy (non-hydrogen) atoms. The molecule has 0 radical (unpaired) electrons. The van der Waals surface area contributed by atoms with Gasteiger partial charge in [-0.25, -0.2) is 0 Å². The third-order valence-electron chi connectivity index (χ3n) is 2.72. The van der Waals surface area contributed by atoms with Gasteiger partial charge in [0.2, 0.25) is 0 Å². The Morgan fingerprint density at radius 1 is 1.40 bits per heavy atom. The van der Waals surface area contributed by atoms with Crippen LogP contribution in [0.1, 0.15) is 12.8 Å². The number of carboxylic acid groups (broad SMARTS) is 1. The van der Waals surface area contributed by atoms with Gasteiger partial charge in [0.05, 0.1) is 5.92 Å². The quantitative estimate of drug-likeness (QED) is 0.887. The number of para-hydroxylation sites is 1. The van der Waals surface area contributed by atoms with E-state index in [1.54, 1.807) is 0 Å². The highest BCUT2D eigenvalue weighted by molar-refractivity contribution is 9.10. The number of rotatable bonds is 3. The van der Waals surface area contributed by atoms with Crippen molar-refractivity contribution >= 4 is 27.6 Å². The molecular formula is C11H12BrNO2.